The number of amides is 1. The van der Waals surface area contributed by atoms with Gasteiger partial charge >= 0.3 is 0 Å². The Morgan fingerprint density at radius 1 is 1.50 bits per heavy atom. The zero-order valence-electron chi connectivity index (χ0n) is 12.0. The minimum Gasteiger partial charge on any atom is -0.317 e. The van der Waals surface area contributed by atoms with Crippen molar-refractivity contribution in [1.82, 2.24) is 10.2 Å². The number of rotatable bonds is 4. The molecule has 1 aliphatic heterocycles. The third kappa shape index (κ3) is 2.51. The summed E-state index contributed by atoms with van der Waals surface area (Å²) in [6.45, 7) is 4.20. The highest BCUT2D eigenvalue weighted by molar-refractivity contribution is 7.99. The molecule has 3 nitrogen and oxygen atoms in total. The molecule has 1 saturated heterocycles. The molecule has 1 aromatic heterocycles. The van der Waals surface area contributed by atoms with Gasteiger partial charge in [0.15, 0.2) is 0 Å². The van der Waals surface area contributed by atoms with E-state index in [1.54, 1.807) is 11.3 Å². The number of carbonyl (C=O) groups is 1. The van der Waals surface area contributed by atoms with Gasteiger partial charge in [-0.3, -0.25) is 10.1 Å². The van der Waals surface area contributed by atoms with Crippen molar-refractivity contribution in [3.05, 3.63) is 22.4 Å². The van der Waals surface area contributed by atoms with Crippen LogP contribution in [-0.4, -0.2) is 33.9 Å². The van der Waals surface area contributed by atoms with Crippen molar-refractivity contribution in [2.24, 2.45) is 0 Å². The summed E-state index contributed by atoms with van der Waals surface area (Å²) >= 11 is 3.76. The van der Waals surface area contributed by atoms with Crippen LogP contribution in [0.4, 0.5) is 0 Å². The predicted octanol–water partition coefficient (Wildman–Crippen LogP) is 3.24. The van der Waals surface area contributed by atoms with E-state index in [-0.39, 0.29) is 18.1 Å². The molecule has 1 N–H and O–H groups in total. The van der Waals surface area contributed by atoms with Crippen molar-refractivity contribution in [3.8, 4) is 0 Å². The average molecular weight is 310 g/mol. The summed E-state index contributed by atoms with van der Waals surface area (Å²) in [7, 11) is 0. The molecule has 2 heterocycles. The van der Waals surface area contributed by atoms with E-state index in [1.807, 2.05) is 18.7 Å². The lowest BCUT2D eigenvalue weighted by molar-refractivity contribution is -0.131. The maximum absolute atomic E-state index is 12.6. The van der Waals surface area contributed by atoms with Crippen LogP contribution in [0, 0.1) is 0 Å². The SMILES string of the molecule is CCSC1CCCC1N1C(=O)C(C)NC1c1cccs1. The molecule has 4 atom stereocenters. The van der Waals surface area contributed by atoms with Crippen molar-refractivity contribution in [3.63, 3.8) is 0 Å². The zero-order valence-corrected chi connectivity index (χ0v) is 13.7. The molecule has 2 aliphatic rings. The van der Waals surface area contributed by atoms with Crippen molar-refractivity contribution in [2.75, 3.05) is 5.75 Å². The topological polar surface area (TPSA) is 32.3 Å². The summed E-state index contributed by atoms with van der Waals surface area (Å²) in [5.74, 6) is 1.41. The highest BCUT2D eigenvalue weighted by Crippen LogP contribution is 2.39. The van der Waals surface area contributed by atoms with E-state index < -0.39 is 0 Å². The molecule has 3 rings (SSSR count). The lowest BCUT2D eigenvalue weighted by atomic mass is 10.2. The molecule has 1 saturated carbocycles. The van der Waals surface area contributed by atoms with E-state index >= 15 is 0 Å². The van der Waals surface area contributed by atoms with Crippen LogP contribution in [0.5, 0.6) is 0 Å². The lowest BCUT2D eigenvalue weighted by Crippen LogP contribution is -2.43. The van der Waals surface area contributed by atoms with Crippen LogP contribution in [-0.2, 0) is 4.79 Å². The molecule has 0 spiro atoms. The summed E-state index contributed by atoms with van der Waals surface area (Å²) in [6.07, 6.45) is 3.73. The van der Waals surface area contributed by atoms with Crippen molar-refractivity contribution >= 4 is 29.0 Å². The summed E-state index contributed by atoms with van der Waals surface area (Å²) in [6, 6.07) is 4.55. The number of hydrogen-bond donors (Lipinski definition) is 1. The Bertz CT molecular complexity index is 462. The van der Waals surface area contributed by atoms with Gasteiger partial charge in [0, 0.05) is 16.2 Å². The van der Waals surface area contributed by atoms with Crippen molar-refractivity contribution in [2.45, 2.75) is 56.6 Å². The van der Waals surface area contributed by atoms with Crippen LogP contribution in [0.1, 0.15) is 44.2 Å². The first-order valence-corrected chi connectivity index (χ1v) is 9.38. The highest BCUT2D eigenvalue weighted by atomic mass is 32.2. The van der Waals surface area contributed by atoms with Gasteiger partial charge in [0.05, 0.1) is 6.04 Å². The van der Waals surface area contributed by atoms with Gasteiger partial charge in [0.2, 0.25) is 5.91 Å². The summed E-state index contributed by atoms with van der Waals surface area (Å²) in [5.41, 5.74) is 0. The largest absolute Gasteiger partial charge is 0.317 e. The average Bonchev–Trinajstić information content (AvgIpc) is 3.13. The smallest absolute Gasteiger partial charge is 0.241 e. The molecular weight excluding hydrogens is 288 g/mol. The maximum Gasteiger partial charge on any atom is 0.241 e. The van der Waals surface area contributed by atoms with Crippen LogP contribution < -0.4 is 5.32 Å². The summed E-state index contributed by atoms with van der Waals surface area (Å²) in [4.78, 5) is 16.0. The molecule has 4 unspecified atom stereocenters. The highest BCUT2D eigenvalue weighted by Gasteiger charge is 2.45. The van der Waals surface area contributed by atoms with Crippen LogP contribution in [0.15, 0.2) is 17.5 Å². The fourth-order valence-corrected chi connectivity index (χ4v) is 5.43. The minimum absolute atomic E-state index is 0.0602. The molecule has 0 aromatic carbocycles. The van der Waals surface area contributed by atoms with Crippen LogP contribution >= 0.6 is 23.1 Å². The van der Waals surface area contributed by atoms with Gasteiger partial charge in [0.25, 0.3) is 0 Å². The normalized spacial score (nSPS) is 34.1. The Kier molecular flexibility index (Phi) is 4.38. The summed E-state index contributed by atoms with van der Waals surface area (Å²) in [5, 5.41) is 6.18. The predicted molar refractivity (Wildman–Crippen MR) is 86.1 cm³/mol. The van der Waals surface area contributed by atoms with Gasteiger partial charge in [-0.15, -0.1) is 11.3 Å². The van der Waals surface area contributed by atoms with Crippen LogP contribution in [0.3, 0.4) is 0 Å². The first-order valence-electron chi connectivity index (χ1n) is 7.45. The Morgan fingerprint density at radius 3 is 3.05 bits per heavy atom. The molecule has 0 bridgehead atoms. The third-order valence-electron chi connectivity index (χ3n) is 4.28. The second kappa shape index (κ2) is 6.08. The number of nitrogens with one attached hydrogen (secondary N) is 1. The zero-order chi connectivity index (χ0) is 14.1. The molecule has 1 aliphatic carbocycles. The Morgan fingerprint density at radius 2 is 2.35 bits per heavy atom. The number of nitrogens with zero attached hydrogens (tertiary/aromatic N) is 1. The van der Waals surface area contributed by atoms with Gasteiger partial charge in [-0.2, -0.15) is 11.8 Å². The number of thiophene rings is 1. The standard InChI is InChI=1S/C15H22N2OS2/c1-3-19-12-7-4-6-11(12)17-14(13-8-5-9-20-13)16-10(2)15(17)18/h5,8-12,14,16H,3-4,6-7H2,1-2H3. The van der Waals surface area contributed by atoms with Gasteiger partial charge < -0.3 is 4.90 Å². The third-order valence-corrected chi connectivity index (χ3v) is 6.52. The number of carbonyl (C=O) groups excluding carboxylic acids is 1. The molecule has 1 amide bonds. The molecule has 20 heavy (non-hydrogen) atoms. The van der Waals surface area contributed by atoms with Gasteiger partial charge in [-0.25, -0.2) is 0 Å². The van der Waals surface area contributed by atoms with Crippen LogP contribution in [0.25, 0.3) is 0 Å². The van der Waals surface area contributed by atoms with E-state index in [2.05, 4.69) is 34.7 Å². The Balaban J connectivity index is 1.86. The Labute approximate surface area is 129 Å². The van der Waals surface area contributed by atoms with E-state index in [4.69, 9.17) is 0 Å². The second-order valence-electron chi connectivity index (χ2n) is 5.54. The van der Waals surface area contributed by atoms with Crippen LogP contribution in [0.2, 0.25) is 0 Å². The van der Waals surface area contributed by atoms with E-state index in [0.717, 1.165) is 12.2 Å². The van der Waals surface area contributed by atoms with Crippen molar-refractivity contribution < 1.29 is 4.79 Å². The first kappa shape index (κ1) is 14.4. The quantitative estimate of drug-likeness (QED) is 0.926. The first-order chi connectivity index (χ1) is 9.72. The van der Waals surface area contributed by atoms with Crippen molar-refractivity contribution in [1.29, 1.82) is 0 Å². The Hall–Kier alpha value is -0.520. The fraction of sp³-hybridized carbons (Fsp3) is 0.667. The molecule has 5 heteroatoms. The molecule has 1 aromatic rings. The number of thioether (sulfide) groups is 1. The van der Waals surface area contributed by atoms with E-state index in [9.17, 15) is 4.79 Å². The number of hydrogen-bond acceptors (Lipinski definition) is 4. The monoisotopic (exact) mass is 310 g/mol. The molecule has 2 fully saturated rings. The maximum atomic E-state index is 12.6. The van der Waals surface area contributed by atoms with Gasteiger partial charge in [-0.05, 0) is 37.0 Å². The second-order valence-corrected chi connectivity index (χ2v) is 8.04. The fourth-order valence-electron chi connectivity index (χ4n) is 3.39. The van der Waals surface area contributed by atoms with E-state index in [0.29, 0.717) is 11.3 Å². The minimum atomic E-state index is -0.0602. The molecule has 0 radical (unpaired) electrons. The molecular formula is C15H22N2OS2. The lowest BCUT2D eigenvalue weighted by Gasteiger charge is -2.33. The van der Waals surface area contributed by atoms with Gasteiger partial charge in [0.1, 0.15) is 6.17 Å². The molecule has 110 valence electrons. The summed E-state index contributed by atoms with van der Waals surface area (Å²) < 4.78 is 0. The van der Waals surface area contributed by atoms with E-state index in [1.165, 1.54) is 17.7 Å². The van der Waals surface area contributed by atoms with Gasteiger partial charge in [-0.1, -0.05) is 19.4 Å².